The Hall–Kier alpha value is -3.45. The Labute approximate surface area is 200 Å². The van der Waals surface area contributed by atoms with Crippen molar-refractivity contribution in [2.24, 2.45) is 0 Å². The molecule has 0 saturated carbocycles. The van der Waals surface area contributed by atoms with Crippen molar-refractivity contribution in [3.8, 4) is 5.75 Å². The Morgan fingerprint density at radius 2 is 1.79 bits per heavy atom. The molecule has 2 heterocycles. The summed E-state index contributed by atoms with van der Waals surface area (Å²) in [4.78, 5) is 31.8. The molecule has 168 valence electrons. The van der Waals surface area contributed by atoms with Crippen LogP contribution >= 0.6 is 15.9 Å². The zero-order valence-electron chi connectivity index (χ0n) is 18.2. The lowest BCUT2D eigenvalue weighted by atomic mass is 9.95. The first-order valence-corrected chi connectivity index (χ1v) is 11.3. The van der Waals surface area contributed by atoms with Gasteiger partial charge in [0.2, 0.25) is 0 Å². The fourth-order valence-corrected chi connectivity index (χ4v) is 4.11. The van der Waals surface area contributed by atoms with E-state index in [1.54, 1.807) is 42.7 Å². The number of hydrogen-bond donors (Lipinski definition) is 1. The quantitative estimate of drug-likeness (QED) is 0.280. The number of Topliss-reactive ketones (excluding diaryl/α,β-unsaturated/α-hetero) is 1. The number of ether oxygens (including phenoxy) is 1. The third kappa shape index (κ3) is 4.83. The number of halogens is 1. The number of rotatable bonds is 6. The van der Waals surface area contributed by atoms with Gasteiger partial charge < -0.3 is 14.7 Å². The van der Waals surface area contributed by atoms with Gasteiger partial charge in [-0.3, -0.25) is 14.6 Å². The maximum atomic E-state index is 13.1. The number of benzene rings is 2. The molecule has 0 unspecified atom stereocenters. The molecule has 4 rings (SSSR count). The molecule has 1 fully saturated rings. The fourth-order valence-electron chi connectivity index (χ4n) is 3.84. The minimum absolute atomic E-state index is 0.0136. The van der Waals surface area contributed by atoms with Gasteiger partial charge in [0.15, 0.2) is 0 Å². The summed E-state index contributed by atoms with van der Waals surface area (Å²) in [5.74, 6) is -0.936. The highest BCUT2D eigenvalue weighted by molar-refractivity contribution is 9.10. The first-order valence-electron chi connectivity index (χ1n) is 10.5. The summed E-state index contributed by atoms with van der Waals surface area (Å²) < 4.78 is 6.53. The van der Waals surface area contributed by atoms with Gasteiger partial charge in [0.1, 0.15) is 11.5 Å². The second kappa shape index (κ2) is 9.58. The van der Waals surface area contributed by atoms with E-state index in [9.17, 15) is 14.7 Å². The van der Waals surface area contributed by atoms with Crippen molar-refractivity contribution < 1.29 is 19.4 Å². The maximum Gasteiger partial charge on any atom is 0.295 e. The third-order valence-corrected chi connectivity index (χ3v) is 5.83. The number of ketones is 1. The first-order chi connectivity index (χ1) is 15.8. The van der Waals surface area contributed by atoms with Gasteiger partial charge in [-0.2, -0.15) is 0 Å². The number of aliphatic hydroxyl groups excluding tert-OH is 1. The predicted molar refractivity (Wildman–Crippen MR) is 128 cm³/mol. The highest BCUT2D eigenvalue weighted by atomic mass is 79.9. The van der Waals surface area contributed by atoms with Crippen molar-refractivity contribution >= 4 is 33.4 Å². The van der Waals surface area contributed by atoms with Gasteiger partial charge >= 0.3 is 0 Å². The van der Waals surface area contributed by atoms with Crippen molar-refractivity contribution in [1.29, 1.82) is 0 Å². The van der Waals surface area contributed by atoms with Crippen molar-refractivity contribution in [2.45, 2.75) is 32.5 Å². The molecule has 0 spiro atoms. The Bertz CT molecular complexity index is 1190. The van der Waals surface area contributed by atoms with E-state index in [0.29, 0.717) is 11.3 Å². The number of carbonyl (C=O) groups is 2. The molecule has 7 heteroatoms. The van der Waals surface area contributed by atoms with Gasteiger partial charge in [0.25, 0.3) is 11.7 Å². The van der Waals surface area contributed by atoms with Crippen LogP contribution in [-0.2, 0) is 16.1 Å². The summed E-state index contributed by atoms with van der Waals surface area (Å²) in [7, 11) is 0. The topological polar surface area (TPSA) is 79.7 Å². The van der Waals surface area contributed by atoms with Crippen LogP contribution in [0.5, 0.6) is 5.75 Å². The lowest BCUT2D eigenvalue weighted by Gasteiger charge is -2.25. The van der Waals surface area contributed by atoms with E-state index < -0.39 is 17.7 Å². The number of likely N-dealkylation sites (tertiary alicyclic amines) is 1. The van der Waals surface area contributed by atoms with Crippen LogP contribution in [0.4, 0.5) is 0 Å². The van der Waals surface area contributed by atoms with E-state index in [-0.39, 0.29) is 24.0 Å². The summed E-state index contributed by atoms with van der Waals surface area (Å²) in [6.07, 6.45) is 3.32. The zero-order chi connectivity index (χ0) is 23.5. The lowest BCUT2D eigenvalue weighted by molar-refractivity contribution is -0.140. The molecule has 33 heavy (non-hydrogen) atoms. The van der Waals surface area contributed by atoms with E-state index in [1.165, 1.54) is 4.90 Å². The lowest BCUT2D eigenvalue weighted by Crippen LogP contribution is -2.29. The van der Waals surface area contributed by atoms with Gasteiger partial charge in [0.05, 0.1) is 17.7 Å². The molecular formula is C26H23BrN2O4. The molecule has 1 aromatic heterocycles. The molecular weight excluding hydrogens is 484 g/mol. The number of aromatic nitrogens is 1. The van der Waals surface area contributed by atoms with Crippen LogP contribution in [0.3, 0.4) is 0 Å². The number of carbonyl (C=O) groups excluding carboxylic acids is 2. The second-order valence-corrected chi connectivity index (χ2v) is 8.95. The number of pyridine rings is 1. The van der Waals surface area contributed by atoms with Gasteiger partial charge in [-0.25, -0.2) is 0 Å². The highest BCUT2D eigenvalue weighted by Crippen LogP contribution is 2.40. The molecule has 1 aliphatic heterocycles. The molecule has 1 saturated heterocycles. The van der Waals surface area contributed by atoms with Gasteiger partial charge in [-0.1, -0.05) is 34.1 Å². The van der Waals surface area contributed by atoms with Crippen LogP contribution in [0, 0.1) is 0 Å². The number of amides is 1. The summed E-state index contributed by atoms with van der Waals surface area (Å²) >= 11 is 3.42. The van der Waals surface area contributed by atoms with E-state index in [0.717, 1.165) is 15.6 Å². The average molecular weight is 507 g/mol. The van der Waals surface area contributed by atoms with Crippen LogP contribution in [-0.4, -0.2) is 32.8 Å². The van der Waals surface area contributed by atoms with Crippen molar-refractivity contribution in [1.82, 2.24) is 9.88 Å². The standard InChI is InChI=1S/C26H23BrN2O4/c1-16(2)33-21-11-7-19(8-12-21)24(30)22-23(18-5-9-20(27)10-6-18)29(26(32)25(22)31)15-17-4-3-13-28-14-17/h3-14,16,23,30H,15H2,1-2H3/b24-22+/t23-/m1/s1. The maximum absolute atomic E-state index is 13.1. The zero-order valence-corrected chi connectivity index (χ0v) is 19.8. The smallest absolute Gasteiger partial charge is 0.295 e. The van der Waals surface area contributed by atoms with Crippen molar-refractivity contribution in [3.63, 3.8) is 0 Å². The van der Waals surface area contributed by atoms with Gasteiger partial charge in [-0.05, 0) is 67.4 Å². The molecule has 0 radical (unpaired) electrons. The number of aliphatic hydroxyl groups is 1. The van der Waals surface area contributed by atoms with Crippen LogP contribution < -0.4 is 4.74 Å². The van der Waals surface area contributed by atoms with E-state index in [4.69, 9.17) is 4.74 Å². The second-order valence-electron chi connectivity index (χ2n) is 8.03. The largest absolute Gasteiger partial charge is 0.507 e. The van der Waals surface area contributed by atoms with E-state index in [2.05, 4.69) is 20.9 Å². The Morgan fingerprint density at radius 1 is 1.09 bits per heavy atom. The van der Waals surface area contributed by atoms with Gasteiger partial charge in [-0.15, -0.1) is 0 Å². The third-order valence-electron chi connectivity index (χ3n) is 5.30. The minimum Gasteiger partial charge on any atom is -0.507 e. The Kier molecular flexibility index (Phi) is 6.60. The number of nitrogens with zero attached hydrogens (tertiary/aromatic N) is 2. The van der Waals surface area contributed by atoms with E-state index in [1.807, 2.05) is 44.2 Å². The normalized spacial score (nSPS) is 17.6. The molecule has 1 N–H and O–H groups in total. The first kappa shape index (κ1) is 22.7. The summed E-state index contributed by atoms with van der Waals surface area (Å²) in [5.41, 5.74) is 2.01. The molecule has 1 amide bonds. The van der Waals surface area contributed by atoms with Crippen molar-refractivity contribution in [2.75, 3.05) is 0 Å². The minimum atomic E-state index is -0.732. The summed E-state index contributed by atoms with van der Waals surface area (Å²) in [6.45, 7) is 4.04. The highest BCUT2D eigenvalue weighted by Gasteiger charge is 2.46. The molecule has 0 bridgehead atoms. The Balaban J connectivity index is 1.79. The Morgan fingerprint density at radius 3 is 2.39 bits per heavy atom. The van der Waals surface area contributed by atoms with Crippen LogP contribution in [0.25, 0.3) is 5.76 Å². The SMILES string of the molecule is CC(C)Oc1ccc(/C(O)=C2\C(=O)C(=O)N(Cc3cccnc3)[C@@H]2c2ccc(Br)cc2)cc1. The predicted octanol–water partition coefficient (Wildman–Crippen LogP) is 5.25. The van der Waals surface area contributed by atoms with Crippen LogP contribution in [0.1, 0.15) is 36.6 Å². The van der Waals surface area contributed by atoms with Crippen LogP contribution in [0.2, 0.25) is 0 Å². The molecule has 0 aliphatic carbocycles. The molecule has 1 atom stereocenters. The summed E-state index contributed by atoms with van der Waals surface area (Å²) in [5, 5.41) is 11.2. The van der Waals surface area contributed by atoms with Crippen LogP contribution in [0.15, 0.2) is 83.1 Å². The van der Waals surface area contributed by atoms with Crippen molar-refractivity contribution in [3.05, 3.63) is 99.8 Å². The molecule has 1 aliphatic rings. The average Bonchev–Trinajstić information content (AvgIpc) is 3.05. The monoisotopic (exact) mass is 506 g/mol. The molecule has 6 nitrogen and oxygen atoms in total. The molecule has 2 aromatic carbocycles. The number of hydrogen-bond acceptors (Lipinski definition) is 5. The van der Waals surface area contributed by atoms with Gasteiger partial charge in [0, 0.05) is 29.0 Å². The molecule has 3 aromatic rings. The van der Waals surface area contributed by atoms with E-state index >= 15 is 0 Å². The fraction of sp³-hybridized carbons (Fsp3) is 0.192. The summed E-state index contributed by atoms with van der Waals surface area (Å²) in [6, 6.07) is 17.1.